The molecular formula is C13H24N2O2. The second kappa shape index (κ2) is 5.36. The van der Waals surface area contributed by atoms with Gasteiger partial charge in [0.15, 0.2) is 0 Å². The third-order valence-electron chi connectivity index (χ3n) is 3.94. The van der Waals surface area contributed by atoms with Crippen LogP contribution in [0.2, 0.25) is 0 Å². The molecular weight excluding hydrogens is 216 g/mol. The predicted octanol–water partition coefficient (Wildman–Crippen LogP) is 1.20. The molecule has 17 heavy (non-hydrogen) atoms. The first-order valence-corrected chi connectivity index (χ1v) is 6.78. The molecule has 0 aliphatic carbocycles. The van der Waals surface area contributed by atoms with Crippen LogP contribution in [0.15, 0.2) is 0 Å². The topological polar surface area (TPSA) is 50.4 Å². The van der Waals surface area contributed by atoms with E-state index in [4.69, 9.17) is 4.74 Å². The SMILES string of the molecule is CC1CC(NC(=O)C2(C)CCCCN2)CCO1. The Bertz CT molecular complexity index is 275. The van der Waals surface area contributed by atoms with E-state index in [-0.39, 0.29) is 23.6 Å². The molecule has 2 saturated heterocycles. The van der Waals surface area contributed by atoms with Crippen LogP contribution in [0.4, 0.5) is 0 Å². The Labute approximate surface area is 103 Å². The number of rotatable bonds is 2. The minimum Gasteiger partial charge on any atom is -0.378 e. The fourth-order valence-corrected chi connectivity index (χ4v) is 2.72. The number of nitrogens with one attached hydrogen (secondary N) is 2. The largest absolute Gasteiger partial charge is 0.378 e. The van der Waals surface area contributed by atoms with E-state index >= 15 is 0 Å². The molecule has 1 amide bonds. The normalized spacial score (nSPS) is 38.7. The van der Waals surface area contributed by atoms with Crippen molar-refractivity contribution < 1.29 is 9.53 Å². The average molecular weight is 240 g/mol. The van der Waals surface area contributed by atoms with E-state index < -0.39 is 0 Å². The van der Waals surface area contributed by atoms with Gasteiger partial charge in [-0.25, -0.2) is 0 Å². The monoisotopic (exact) mass is 240 g/mol. The van der Waals surface area contributed by atoms with Crippen molar-refractivity contribution in [3.63, 3.8) is 0 Å². The summed E-state index contributed by atoms with van der Waals surface area (Å²) in [6, 6.07) is 0.284. The van der Waals surface area contributed by atoms with Crippen molar-refractivity contribution in [2.45, 2.75) is 63.6 Å². The molecule has 0 aromatic carbocycles. The molecule has 4 heteroatoms. The quantitative estimate of drug-likeness (QED) is 0.762. The molecule has 0 spiro atoms. The highest BCUT2D eigenvalue weighted by Crippen LogP contribution is 2.20. The second-order valence-electron chi connectivity index (χ2n) is 5.59. The molecule has 0 bridgehead atoms. The Morgan fingerprint density at radius 3 is 2.94 bits per heavy atom. The van der Waals surface area contributed by atoms with Crippen LogP contribution in [0.3, 0.4) is 0 Å². The zero-order chi connectivity index (χ0) is 12.3. The smallest absolute Gasteiger partial charge is 0.240 e. The molecule has 2 rings (SSSR count). The molecule has 2 heterocycles. The van der Waals surface area contributed by atoms with Crippen molar-refractivity contribution in [3.8, 4) is 0 Å². The Morgan fingerprint density at radius 1 is 1.47 bits per heavy atom. The van der Waals surface area contributed by atoms with Crippen molar-refractivity contribution in [2.24, 2.45) is 0 Å². The van der Waals surface area contributed by atoms with Gasteiger partial charge < -0.3 is 15.4 Å². The molecule has 2 N–H and O–H groups in total. The molecule has 0 aromatic heterocycles. The minimum atomic E-state index is -0.361. The molecule has 0 saturated carbocycles. The molecule has 98 valence electrons. The summed E-state index contributed by atoms with van der Waals surface area (Å²) in [4.78, 5) is 12.3. The lowest BCUT2D eigenvalue weighted by atomic mass is 9.89. The van der Waals surface area contributed by atoms with Crippen molar-refractivity contribution in [1.82, 2.24) is 10.6 Å². The lowest BCUT2D eigenvalue weighted by Crippen LogP contribution is -2.59. The van der Waals surface area contributed by atoms with Crippen LogP contribution < -0.4 is 10.6 Å². The highest BCUT2D eigenvalue weighted by Gasteiger charge is 2.35. The summed E-state index contributed by atoms with van der Waals surface area (Å²) in [7, 11) is 0. The summed E-state index contributed by atoms with van der Waals surface area (Å²) in [5.74, 6) is 0.163. The first kappa shape index (κ1) is 12.8. The lowest BCUT2D eigenvalue weighted by molar-refractivity contribution is -0.129. The fraction of sp³-hybridized carbons (Fsp3) is 0.923. The van der Waals surface area contributed by atoms with Gasteiger partial charge in [-0.2, -0.15) is 0 Å². The van der Waals surface area contributed by atoms with Crippen LogP contribution in [0.5, 0.6) is 0 Å². The summed E-state index contributed by atoms with van der Waals surface area (Å²) >= 11 is 0. The van der Waals surface area contributed by atoms with Gasteiger partial charge in [-0.1, -0.05) is 0 Å². The molecule has 2 aliphatic rings. The number of piperidine rings is 1. The number of amides is 1. The first-order valence-electron chi connectivity index (χ1n) is 6.78. The summed E-state index contributed by atoms with van der Waals surface area (Å²) in [5.41, 5.74) is -0.361. The predicted molar refractivity (Wildman–Crippen MR) is 66.8 cm³/mol. The Hall–Kier alpha value is -0.610. The van der Waals surface area contributed by atoms with Gasteiger partial charge in [-0.15, -0.1) is 0 Å². The van der Waals surface area contributed by atoms with Gasteiger partial charge in [-0.3, -0.25) is 4.79 Å². The lowest BCUT2D eigenvalue weighted by Gasteiger charge is -2.36. The van der Waals surface area contributed by atoms with Crippen molar-refractivity contribution in [1.29, 1.82) is 0 Å². The number of carbonyl (C=O) groups is 1. The highest BCUT2D eigenvalue weighted by atomic mass is 16.5. The van der Waals surface area contributed by atoms with Gasteiger partial charge in [0, 0.05) is 12.6 Å². The molecule has 0 aromatic rings. The van der Waals surface area contributed by atoms with Crippen molar-refractivity contribution in [3.05, 3.63) is 0 Å². The van der Waals surface area contributed by atoms with Crippen LogP contribution in [-0.2, 0) is 9.53 Å². The minimum absolute atomic E-state index is 0.163. The van der Waals surface area contributed by atoms with Gasteiger partial charge >= 0.3 is 0 Å². The van der Waals surface area contributed by atoms with Gasteiger partial charge in [0.2, 0.25) is 5.91 Å². The maximum atomic E-state index is 12.3. The molecule has 4 nitrogen and oxygen atoms in total. The van der Waals surface area contributed by atoms with E-state index in [1.807, 2.05) is 6.92 Å². The second-order valence-corrected chi connectivity index (χ2v) is 5.59. The van der Waals surface area contributed by atoms with Gasteiger partial charge in [0.1, 0.15) is 0 Å². The maximum absolute atomic E-state index is 12.3. The van der Waals surface area contributed by atoms with Gasteiger partial charge in [-0.05, 0) is 52.5 Å². The summed E-state index contributed by atoms with van der Waals surface area (Å²) in [6.07, 6.45) is 5.39. The Morgan fingerprint density at radius 2 is 2.29 bits per heavy atom. The Kier molecular flexibility index (Phi) is 4.05. The van der Waals surface area contributed by atoms with Crippen molar-refractivity contribution >= 4 is 5.91 Å². The average Bonchev–Trinajstić information content (AvgIpc) is 2.30. The molecule has 3 atom stereocenters. The van der Waals surface area contributed by atoms with Crippen LogP contribution in [-0.4, -0.2) is 36.7 Å². The number of ether oxygens (including phenoxy) is 1. The zero-order valence-corrected chi connectivity index (χ0v) is 10.9. The Balaban J connectivity index is 1.87. The molecule has 0 radical (unpaired) electrons. The van der Waals surface area contributed by atoms with Crippen LogP contribution in [0.1, 0.15) is 46.0 Å². The summed E-state index contributed by atoms with van der Waals surface area (Å²) in [5, 5.41) is 6.53. The third kappa shape index (κ3) is 3.19. The maximum Gasteiger partial charge on any atom is 0.240 e. The van der Waals surface area contributed by atoms with Crippen LogP contribution >= 0.6 is 0 Å². The van der Waals surface area contributed by atoms with E-state index in [1.165, 1.54) is 6.42 Å². The zero-order valence-electron chi connectivity index (χ0n) is 10.9. The van der Waals surface area contributed by atoms with E-state index in [0.29, 0.717) is 0 Å². The van der Waals surface area contributed by atoms with E-state index in [0.717, 1.165) is 38.8 Å². The fourth-order valence-electron chi connectivity index (χ4n) is 2.72. The van der Waals surface area contributed by atoms with E-state index in [2.05, 4.69) is 17.6 Å². The first-order chi connectivity index (χ1) is 8.10. The van der Waals surface area contributed by atoms with E-state index in [9.17, 15) is 4.79 Å². The van der Waals surface area contributed by atoms with Gasteiger partial charge in [0.05, 0.1) is 11.6 Å². The molecule has 3 unspecified atom stereocenters. The standard InChI is InChI=1S/C13H24N2O2/c1-10-9-11(5-8-17-10)15-12(16)13(2)6-3-4-7-14-13/h10-11,14H,3-9H2,1-2H3,(H,15,16). The van der Waals surface area contributed by atoms with Crippen LogP contribution in [0, 0.1) is 0 Å². The van der Waals surface area contributed by atoms with Gasteiger partial charge in [0.25, 0.3) is 0 Å². The molecule has 2 fully saturated rings. The third-order valence-corrected chi connectivity index (χ3v) is 3.94. The number of hydrogen-bond donors (Lipinski definition) is 2. The summed E-state index contributed by atoms with van der Waals surface area (Å²) in [6.45, 7) is 5.80. The van der Waals surface area contributed by atoms with Crippen LogP contribution in [0.25, 0.3) is 0 Å². The summed E-state index contributed by atoms with van der Waals surface area (Å²) < 4.78 is 5.49. The van der Waals surface area contributed by atoms with Crippen molar-refractivity contribution in [2.75, 3.05) is 13.2 Å². The van der Waals surface area contributed by atoms with E-state index in [1.54, 1.807) is 0 Å². The number of hydrogen-bond acceptors (Lipinski definition) is 3. The number of carbonyl (C=O) groups excluding carboxylic acids is 1. The highest BCUT2D eigenvalue weighted by molar-refractivity contribution is 5.86. The molecule has 2 aliphatic heterocycles.